The zero-order valence-electron chi connectivity index (χ0n) is 12.4. The lowest BCUT2D eigenvalue weighted by atomic mass is 9.91. The van der Waals surface area contributed by atoms with Crippen LogP contribution in [0.2, 0.25) is 0 Å². The predicted molar refractivity (Wildman–Crippen MR) is 78.2 cm³/mol. The van der Waals surface area contributed by atoms with Crippen LogP contribution in [0.3, 0.4) is 0 Å². The number of benzene rings is 1. The highest BCUT2D eigenvalue weighted by molar-refractivity contribution is 5.80. The van der Waals surface area contributed by atoms with Crippen LogP contribution in [0.1, 0.15) is 25.3 Å². The smallest absolute Gasteiger partial charge is 0.306 e. The number of aliphatic carboxylic acids is 1. The molecule has 2 atom stereocenters. The molecule has 1 amide bonds. The maximum absolute atomic E-state index is 12.4. The zero-order chi connectivity index (χ0) is 15.4. The number of hydrogen-bond donors (Lipinski definition) is 1. The fourth-order valence-corrected chi connectivity index (χ4v) is 2.88. The minimum atomic E-state index is -0.765. The van der Waals surface area contributed by atoms with E-state index < -0.39 is 5.97 Å². The van der Waals surface area contributed by atoms with Crippen LogP contribution < -0.4 is 4.74 Å². The van der Waals surface area contributed by atoms with Crippen molar-refractivity contribution in [3.63, 3.8) is 0 Å². The molecule has 0 bridgehead atoms. The van der Waals surface area contributed by atoms with Gasteiger partial charge in [0.15, 0.2) is 0 Å². The molecule has 2 rings (SSSR count). The van der Waals surface area contributed by atoms with Gasteiger partial charge < -0.3 is 14.7 Å². The summed E-state index contributed by atoms with van der Waals surface area (Å²) < 4.78 is 5.26. The summed E-state index contributed by atoms with van der Waals surface area (Å²) in [5.41, 5.74) is 0.859. The van der Waals surface area contributed by atoms with Gasteiger partial charge in [-0.2, -0.15) is 0 Å². The molecule has 0 aliphatic carbocycles. The Hall–Kier alpha value is -2.04. The van der Waals surface area contributed by atoms with E-state index in [1.165, 1.54) is 0 Å². The molecule has 0 spiro atoms. The highest BCUT2D eigenvalue weighted by atomic mass is 16.5. The van der Waals surface area contributed by atoms with Crippen molar-refractivity contribution < 1.29 is 19.4 Å². The number of ether oxygens (including phenoxy) is 1. The van der Waals surface area contributed by atoms with Crippen LogP contribution in [0.15, 0.2) is 24.3 Å². The summed E-state index contributed by atoms with van der Waals surface area (Å²) in [6, 6.07) is 7.43. The number of carbonyl (C=O) groups excluding carboxylic acids is 1. The normalized spacial score (nSPS) is 21.9. The van der Waals surface area contributed by atoms with E-state index in [9.17, 15) is 9.59 Å². The lowest BCUT2D eigenvalue weighted by molar-refractivity contribution is -0.147. The van der Waals surface area contributed by atoms with Gasteiger partial charge in [-0.05, 0) is 25.8 Å². The minimum Gasteiger partial charge on any atom is -0.496 e. The third-order valence-corrected chi connectivity index (χ3v) is 4.08. The predicted octanol–water partition coefficient (Wildman–Crippen LogP) is 1.95. The van der Waals surface area contributed by atoms with E-state index in [0.717, 1.165) is 5.56 Å². The number of carboxylic acid groups (broad SMARTS) is 1. The summed E-state index contributed by atoms with van der Waals surface area (Å²) in [6.45, 7) is 2.42. The molecule has 1 heterocycles. The first-order valence-electron chi connectivity index (χ1n) is 7.17. The van der Waals surface area contributed by atoms with Gasteiger partial charge in [0.25, 0.3) is 0 Å². The molecule has 114 valence electrons. The van der Waals surface area contributed by atoms with E-state index >= 15 is 0 Å². The summed E-state index contributed by atoms with van der Waals surface area (Å²) in [5, 5.41) is 9.06. The van der Waals surface area contributed by atoms with E-state index in [-0.39, 0.29) is 24.3 Å². The number of amides is 1. The summed E-state index contributed by atoms with van der Waals surface area (Å²) in [6.07, 6.45) is 1.33. The Morgan fingerprint density at radius 2 is 2.10 bits per heavy atom. The molecule has 2 unspecified atom stereocenters. The van der Waals surface area contributed by atoms with Gasteiger partial charge in [-0.25, -0.2) is 0 Å². The van der Waals surface area contributed by atoms with Crippen LogP contribution in [0.25, 0.3) is 0 Å². The molecular weight excluding hydrogens is 270 g/mol. The Morgan fingerprint density at radius 3 is 2.71 bits per heavy atom. The van der Waals surface area contributed by atoms with Crippen molar-refractivity contribution in [2.24, 2.45) is 5.92 Å². The first kappa shape index (κ1) is 15.4. The number of nitrogens with zero attached hydrogens (tertiary/aromatic N) is 1. The van der Waals surface area contributed by atoms with Gasteiger partial charge in [-0.3, -0.25) is 9.59 Å². The number of likely N-dealkylation sites (tertiary alicyclic amines) is 1. The van der Waals surface area contributed by atoms with Gasteiger partial charge in [0, 0.05) is 18.2 Å². The molecule has 5 nitrogen and oxygen atoms in total. The second-order valence-corrected chi connectivity index (χ2v) is 5.48. The van der Waals surface area contributed by atoms with Crippen molar-refractivity contribution in [2.75, 3.05) is 13.7 Å². The number of para-hydroxylation sites is 1. The number of rotatable bonds is 4. The third kappa shape index (κ3) is 3.54. The van der Waals surface area contributed by atoms with E-state index in [0.29, 0.717) is 25.1 Å². The summed E-state index contributed by atoms with van der Waals surface area (Å²) in [7, 11) is 1.59. The van der Waals surface area contributed by atoms with Crippen molar-refractivity contribution in [1.29, 1.82) is 0 Å². The molecule has 1 aromatic carbocycles. The molecule has 1 aromatic rings. The minimum absolute atomic E-state index is 0.0239. The molecule has 5 heteroatoms. The van der Waals surface area contributed by atoms with Crippen molar-refractivity contribution >= 4 is 11.9 Å². The molecule has 1 aliphatic rings. The summed E-state index contributed by atoms with van der Waals surface area (Å²) >= 11 is 0. The molecule has 21 heavy (non-hydrogen) atoms. The van der Waals surface area contributed by atoms with E-state index in [4.69, 9.17) is 9.84 Å². The Balaban J connectivity index is 2.02. The Kier molecular flexibility index (Phi) is 4.83. The van der Waals surface area contributed by atoms with Crippen molar-refractivity contribution in [3.8, 4) is 5.75 Å². The largest absolute Gasteiger partial charge is 0.496 e. The van der Waals surface area contributed by atoms with Crippen LogP contribution >= 0.6 is 0 Å². The van der Waals surface area contributed by atoms with Gasteiger partial charge >= 0.3 is 5.97 Å². The molecule has 0 radical (unpaired) electrons. The quantitative estimate of drug-likeness (QED) is 0.920. The second kappa shape index (κ2) is 6.61. The van der Waals surface area contributed by atoms with Gasteiger partial charge in [0.2, 0.25) is 5.91 Å². The molecular formula is C16H21NO4. The molecule has 0 saturated carbocycles. The van der Waals surface area contributed by atoms with Crippen LogP contribution in [0.5, 0.6) is 5.75 Å². The van der Waals surface area contributed by atoms with Crippen LogP contribution in [-0.2, 0) is 16.0 Å². The topological polar surface area (TPSA) is 66.8 Å². The van der Waals surface area contributed by atoms with Crippen molar-refractivity contribution in [3.05, 3.63) is 29.8 Å². The number of methoxy groups -OCH3 is 1. The number of piperidine rings is 1. The zero-order valence-corrected chi connectivity index (χ0v) is 12.4. The monoisotopic (exact) mass is 291 g/mol. The first-order valence-corrected chi connectivity index (χ1v) is 7.17. The van der Waals surface area contributed by atoms with Gasteiger partial charge in [0.1, 0.15) is 5.75 Å². The first-order chi connectivity index (χ1) is 10.0. The fraction of sp³-hybridized carbons (Fsp3) is 0.500. The SMILES string of the molecule is COc1ccccc1CC(=O)N1CCC(C(=O)O)CC1C. The maximum atomic E-state index is 12.4. The average molecular weight is 291 g/mol. The van der Waals surface area contributed by atoms with Crippen molar-refractivity contribution in [1.82, 2.24) is 4.90 Å². The highest BCUT2D eigenvalue weighted by Gasteiger charge is 2.32. The van der Waals surface area contributed by atoms with E-state index in [2.05, 4.69) is 0 Å². The van der Waals surface area contributed by atoms with Gasteiger partial charge in [-0.1, -0.05) is 18.2 Å². The van der Waals surface area contributed by atoms with Crippen LogP contribution in [0.4, 0.5) is 0 Å². The molecule has 1 saturated heterocycles. The molecule has 1 fully saturated rings. The van der Waals surface area contributed by atoms with Gasteiger partial charge in [0.05, 0.1) is 19.4 Å². The number of carboxylic acids is 1. The standard InChI is InChI=1S/C16H21NO4/c1-11-9-13(16(19)20)7-8-17(11)15(18)10-12-5-3-4-6-14(12)21-2/h3-6,11,13H,7-10H2,1-2H3,(H,19,20). The molecule has 0 aromatic heterocycles. The Bertz CT molecular complexity index is 529. The molecule has 1 aliphatic heterocycles. The molecule has 1 N–H and O–H groups in total. The van der Waals surface area contributed by atoms with Crippen LogP contribution in [-0.4, -0.2) is 41.6 Å². The lowest BCUT2D eigenvalue weighted by Gasteiger charge is -2.36. The number of hydrogen-bond acceptors (Lipinski definition) is 3. The van der Waals surface area contributed by atoms with Crippen LogP contribution in [0, 0.1) is 5.92 Å². The van der Waals surface area contributed by atoms with Crippen molar-refractivity contribution in [2.45, 2.75) is 32.2 Å². The van der Waals surface area contributed by atoms with E-state index in [1.807, 2.05) is 31.2 Å². The Labute approximate surface area is 124 Å². The number of carbonyl (C=O) groups is 2. The second-order valence-electron chi connectivity index (χ2n) is 5.48. The van der Waals surface area contributed by atoms with Gasteiger partial charge in [-0.15, -0.1) is 0 Å². The Morgan fingerprint density at radius 1 is 1.38 bits per heavy atom. The average Bonchev–Trinajstić information content (AvgIpc) is 2.47. The lowest BCUT2D eigenvalue weighted by Crippen LogP contribution is -2.46. The fourth-order valence-electron chi connectivity index (χ4n) is 2.88. The highest BCUT2D eigenvalue weighted by Crippen LogP contribution is 2.25. The summed E-state index contributed by atoms with van der Waals surface area (Å²) in [4.78, 5) is 25.3. The maximum Gasteiger partial charge on any atom is 0.306 e. The summed E-state index contributed by atoms with van der Waals surface area (Å²) in [5.74, 6) is -0.372. The third-order valence-electron chi connectivity index (χ3n) is 4.08. The van der Waals surface area contributed by atoms with E-state index in [1.54, 1.807) is 12.0 Å².